The molecule has 1 heterocycles. The van der Waals surface area contributed by atoms with Crippen molar-refractivity contribution in [3.05, 3.63) is 11.3 Å². The van der Waals surface area contributed by atoms with Gasteiger partial charge in [0.1, 0.15) is 5.92 Å². The predicted molar refractivity (Wildman–Crippen MR) is 71.4 cm³/mol. The second-order valence-electron chi connectivity index (χ2n) is 5.88. The van der Waals surface area contributed by atoms with Crippen LogP contribution in [0, 0.1) is 11.3 Å². The fourth-order valence-corrected chi connectivity index (χ4v) is 2.71. The van der Waals surface area contributed by atoms with Gasteiger partial charge in [0.15, 0.2) is 5.78 Å². The normalized spacial score (nSPS) is 25.4. The molecule has 104 valence electrons. The van der Waals surface area contributed by atoms with Crippen LogP contribution in [0.1, 0.15) is 40.5 Å². The first-order chi connectivity index (χ1) is 8.85. The SMILES string of the molecule is CCOC(=O)C1C(C)=NNC2=C1C(=O)CC(C)(C)C2. The highest BCUT2D eigenvalue weighted by atomic mass is 16.5. The number of Topliss-reactive ketones (excluding diaryl/α,β-unsaturated/α-hetero) is 1. The fourth-order valence-electron chi connectivity index (χ4n) is 2.71. The van der Waals surface area contributed by atoms with E-state index in [0.29, 0.717) is 24.3 Å². The maximum absolute atomic E-state index is 12.3. The topological polar surface area (TPSA) is 67.8 Å². The van der Waals surface area contributed by atoms with Gasteiger partial charge in [-0.15, -0.1) is 0 Å². The molecule has 19 heavy (non-hydrogen) atoms. The predicted octanol–water partition coefficient (Wildman–Crippen LogP) is 1.79. The minimum Gasteiger partial charge on any atom is -0.465 e. The molecule has 2 rings (SSSR count). The fraction of sp³-hybridized carbons (Fsp3) is 0.643. The summed E-state index contributed by atoms with van der Waals surface area (Å²) in [6.07, 6.45) is 1.18. The lowest BCUT2D eigenvalue weighted by molar-refractivity contribution is -0.145. The van der Waals surface area contributed by atoms with Gasteiger partial charge in [-0.25, -0.2) is 0 Å². The molecule has 0 spiro atoms. The van der Waals surface area contributed by atoms with E-state index in [4.69, 9.17) is 4.74 Å². The number of hydrogen-bond acceptors (Lipinski definition) is 5. The minimum absolute atomic E-state index is 0.0195. The van der Waals surface area contributed by atoms with E-state index < -0.39 is 5.92 Å². The number of nitrogens with one attached hydrogen (secondary N) is 1. The van der Waals surface area contributed by atoms with Crippen molar-refractivity contribution in [2.75, 3.05) is 6.61 Å². The molecule has 1 N–H and O–H groups in total. The lowest BCUT2D eigenvalue weighted by atomic mass is 9.72. The van der Waals surface area contributed by atoms with Crippen molar-refractivity contribution < 1.29 is 14.3 Å². The summed E-state index contributed by atoms with van der Waals surface area (Å²) in [7, 11) is 0. The van der Waals surface area contributed by atoms with Gasteiger partial charge in [-0.2, -0.15) is 5.10 Å². The lowest BCUT2D eigenvalue weighted by Crippen LogP contribution is -2.41. The number of esters is 1. The third kappa shape index (κ3) is 2.55. The molecule has 5 nitrogen and oxygen atoms in total. The molecule has 1 aliphatic carbocycles. The number of ether oxygens (including phenoxy) is 1. The number of allylic oxidation sites excluding steroid dienone is 1. The van der Waals surface area contributed by atoms with Gasteiger partial charge in [0.05, 0.1) is 12.3 Å². The van der Waals surface area contributed by atoms with E-state index in [2.05, 4.69) is 10.5 Å². The second kappa shape index (κ2) is 4.79. The first kappa shape index (κ1) is 13.8. The van der Waals surface area contributed by atoms with Gasteiger partial charge in [-0.05, 0) is 25.7 Å². The minimum atomic E-state index is -0.639. The quantitative estimate of drug-likeness (QED) is 0.772. The van der Waals surface area contributed by atoms with Crippen LogP contribution in [0.25, 0.3) is 0 Å². The molecule has 0 aromatic rings. The molecule has 0 fully saturated rings. The zero-order valence-electron chi connectivity index (χ0n) is 11.9. The molecule has 0 aromatic heterocycles. The molecule has 1 unspecified atom stereocenters. The van der Waals surface area contributed by atoms with Gasteiger partial charge in [0.25, 0.3) is 0 Å². The molecular weight excluding hydrogens is 244 g/mol. The van der Waals surface area contributed by atoms with Gasteiger partial charge < -0.3 is 4.74 Å². The maximum atomic E-state index is 12.3. The monoisotopic (exact) mass is 264 g/mol. The van der Waals surface area contributed by atoms with Gasteiger partial charge in [0.2, 0.25) is 0 Å². The highest BCUT2D eigenvalue weighted by Gasteiger charge is 2.42. The van der Waals surface area contributed by atoms with Crippen LogP contribution in [-0.4, -0.2) is 24.1 Å². The molecule has 5 heteroatoms. The van der Waals surface area contributed by atoms with Crippen LogP contribution in [0.2, 0.25) is 0 Å². The molecule has 0 saturated carbocycles. The third-order valence-electron chi connectivity index (χ3n) is 3.52. The third-order valence-corrected chi connectivity index (χ3v) is 3.52. The van der Waals surface area contributed by atoms with E-state index in [9.17, 15) is 9.59 Å². The first-order valence-corrected chi connectivity index (χ1v) is 6.59. The van der Waals surface area contributed by atoms with E-state index in [1.807, 2.05) is 13.8 Å². The highest BCUT2D eigenvalue weighted by molar-refractivity contribution is 6.14. The Morgan fingerprint density at radius 2 is 2.16 bits per heavy atom. The number of carbonyl (C=O) groups is 2. The standard InChI is InChI=1S/C14H20N2O3/c1-5-19-13(18)11-8(2)15-16-9-6-14(3,4)7-10(17)12(9)11/h11,16H,5-7H2,1-4H3. The van der Waals surface area contributed by atoms with Crippen LogP contribution in [0.4, 0.5) is 0 Å². The average Bonchev–Trinajstić information content (AvgIpc) is 2.28. The van der Waals surface area contributed by atoms with Crippen LogP contribution in [0.15, 0.2) is 16.4 Å². The number of carbonyl (C=O) groups excluding carboxylic acids is 2. The molecule has 1 atom stereocenters. The summed E-state index contributed by atoms with van der Waals surface area (Å²) in [5, 5.41) is 4.15. The van der Waals surface area contributed by atoms with Crippen molar-refractivity contribution in [1.82, 2.24) is 5.43 Å². The average molecular weight is 264 g/mol. The molecule has 0 bridgehead atoms. The molecule has 0 radical (unpaired) electrons. The Bertz CT molecular complexity index is 489. The Kier molecular flexibility index (Phi) is 3.47. The molecule has 0 saturated heterocycles. The Hall–Kier alpha value is -1.65. The van der Waals surface area contributed by atoms with Crippen LogP contribution < -0.4 is 5.43 Å². The van der Waals surface area contributed by atoms with E-state index in [0.717, 1.165) is 12.1 Å². The van der Waals surface area contributed by atoms with E-state index in [1.54, 1.807) is 13.8 Å². The number of ketones is 1. The Balaban J connectivity index is 2.39. The summed E-state index contributed by atoms with van der Waals surface area (Å²) >= 11 is 0. The Morgan fingerprint density at radius 1 is 1.47 bits per heavy atom. The van der Waals surface area contributed by atoms with Crippen molar-refractivity contribution in [1.29, 1.82) is 0 Å². The lowest BCUT2D eigenvalue weighted by Gasteiger charge is -2.36. The van der Waals surface area contributed by atoms with Crippen molar-refractivity contribution in [3.8, 4) is 0 Å². The van der Waals surface area contributed by atoms with Crippen LogP contribution in [0.5, 0.6) is 0 Å². The van der Waals surface area contributed by atoms with Crippen molar-refractivity contribution in [3.63, 3.8) is 0 Å². The molecule has 1 aliphatic heterocycles. The number of nitrogens with zero attached hydrogens (tertiary/aromatic N) is 1. The molecule has 2 aliphatic rings. The van der Waals surface area contributed by atoms with Gasteiger partial charge >= 0.3 is 5.97 Å². The number of hydrogen-bond donors (Lipinski definition) is 1. The maximum Gasteiger partial charge on any atom is 0.319 e. The first-order valence-electron chi connectivity index (χ1n) is 6.59. The summed E-state index contributed by atoms with van der Waals surface area (Å²) in [5.74, 6) is -1.00. The van der Waals surface area contributed by atoms with Crippen molar-refractivity contribution in [2.24, 2.45) is 16.4 Å². The molecule has 0 aromatic carbocycles. The van der Waals surface area contributed by atoms with Crippen molar-refractivity contribution >= 4 is 17.5 Å². The van der Waals surface area contributed by atoms with Crippen LogP contribution in [0.3, 0.4) is 0 Å². The zero-order valence-corrected chi connectivity index (χ0v) is 11.9. The van der Waals surface area contributed by atoms with E-state index in [1.165, 1.54) is 0 Å². The van der Waals surface area contributed by atoms with Crippen LogP contribution >= 0.6 is 0 Å². The molecular formula is C14H20N2O3. The summed E-state index contributed by atoms with van der Waals surface area (Å²) in [6.45, 7) is 7.89. The van der Waals surface area contributed by atoms with Crippen molar-refractivity contribution in [2.45, 2.75) is 40.5 Å². The smallest absolute Gasteiger partial charge is 0.319 e. The van der Waals surface area contributed by atoms with E-state index >= 15 is 0 Å². The van der Waals surface area contributed by atoms with Gasteiger partial charge in [-0.1, -0.05) is 13.8 Å². The van der Waals surface area contributed by atoms with Crippen LogP contribution in [-0.2, 0) is 14.3 Å². The summed E-state index contributed by atoms with van der Waals surface area (Å²) in [6, 6.07) is 0. The summed E-state index contributed by atoms with van der Waals surface area (Å²) < 4.78 is 5.07. The number of hydrazone groups is 1. The highest BCUT2D eigenvalue weighted by Crippen LogP contribution is 2.39. The second-order valence-corrected chi connectivity index (χ2v) is 5.88. The summed E-state index contributed by atoms with van der Waals surface area (Å²) in [4.78, 5) is 24.4. The van der Waals surface area contributed by atoms with E-state index in [-0.39, 0.29) is 17.2 Å². The largest absolute Gasteiger partial charge is 0.465 e. The number of rotatable bonds is 2. The van der Waals surface area contributed by atoms with Gasteiger partial charge in [-0.3, -0.25) is 15.0 Å². The Morgan fingerprint density at radius 3 is 2.79 bits per heavy atom. The summed E-state index contributed by atoms with van der Waals surface area (Å²) in [5.41, 5.74) is 4.73. The molecule has 0 amide bonds. The Labute approximate surface area is 113 Å². The zero-order chi connectivity index (χ0) is 14.2. The van der Waals surface area contributed by atoms with Gasteiger partial charge in [0, 0.05) is 17.7 Å².